The summed E-state index contributed by atoms with van der Waals surface area (Å²) in [5.74, 6) is -1.08. The van der Waals surface area contributed by atoms with E-state index in [4.69, 9.17) is 34.8 Å². The number of pyridine rings is 1. The second-order valence-electron chi connectivity index (χ2n) is 10.8. The van der Waals surface area contributed by atoms with Gasteiger partial charge < -0.3 is 19.9 Å². The fourth-order valence-electron chi connectivity index (χ4n) is 5.69. The van der Waals surface area contributed by atoms with Crippen LogP contribution in [0.2, 0.25) is 10.0 Å². The zero-order valence-electron chi connectivity index (χ0n) is 24.0. The molecule has 2 aromatic carbocycles. The number of anilines is 1. The standard InChI is InChI=1S/C30H26Cl3F2N5O4S/c1-3-38-10-5-11-39(28(38)44)20-12-16-15-40(29(2,8-9-36)17(16)13-21(20)41)27(43)24-22(14-23(30(33,34)35)37-26(24)42)45-25-18(31)6-4-7-19(25)32/h4,6-7,12-14,41H,3,5,8,10-11,15H2,1-2H3,(H,37,42). The van der Waals surface area contributed by atoms with Crippen molar-refractivity contribution in [2.45, 2.75) is 53.9 Å². The van der Waals surface area contributed by atoms with Gasteiger partial charge in [-0.1, -0.05) is 41.0 Å². The topological polar surface area (TPSA) is 121 Å². The maximum Gasteiger partial charge on any atom is 0.362 e. The molecule has 3 amide bonds. The lowest BCUT2D eigenvalue weighted by atomic mass is 9.88. The highest BCUT2D eigenvalue weighted by atomic mass is 35.5. The summed E-state index contributed by atoms with van der Waals surface area (Å²) in [5.41, 5.74) is -2.68. The Bertz CT molecular complexity index is 1790. The minimum Gasteiger partial charge on any atom is -0.506 e. The zero-order valence-corrected chi connectivity index (χ0v) is 27.0. The van der Waals surface area contributed by atoms with Crippen molar-refractivity contribution in [3.8, 4) is 11.8 Å². The van der Waals surface area contributed by atoms with E-state index >= 15 is 0 Å². The number of nitrogens with one attached hydrogen (secondary N) is 1. The molecule has 5 rings (SSSR count). The van der Waals surface area contributed by atoms with Gasteiger partial charge in [0.05, 0.1) is 33.8 Å². The third kappa shape index (κ3) is 5.94. The highest BCUT2D eigenvalue weighted by Crippen LogP contribution is 2.48. The van der Waals surface area contributed by atoms with Crippen LogP contribution in [0.4, 0.5) is 19.3 Å². The van der Waals surface area contributed by atoms with Gasteiger partial charge in [0.1, 0.15) is 17.0 Å². The Morgan fingerprint density at radius 1 is 1.20 bits per heavy atom. The first kappa shape index (κ1) is 32.9. The number of nitriles is 1. The Hall–Kier alpha value is -3.50. The summed E-state index contributed by atoms with van der Waals surface area (Å²) in [6, 6.07) is 10.3. The van der Waals surface area contributed by atoms with Crippen LogP contribution in [0.15, 0.2) is 51.0 Å². The van der Waals surface area contributed by atoms with Crippen LogP contribution in [0.3, 0.4) is 0 Å². The molecule has 0 aliphatic carbocycles. The molecule has 236 valence electrons. The fourth-order valence-corrected chi connectivity index (χ4v) is 7.44. The molecule has 0 spiro atoms. The Balaban J connectivity index is 1.62. The number of halogens is 5. The number of nitrogens with zero attached hydrogens (tertiary/aromatic N) is 4. The molecular formula is C30H26Cl3F2N5O4S. The molecule has 1 unspecified atom stereocenters. The summed E-state index contributed by atoms with van der Waals surface area (Å²) in [4.78, 5) is 47.2. The number of urea groups is 1. The molecule has 2 N–H and O–H groups in total. The average Bonchev–Trinajstić information content (AvgIpc) is 3.25. The van der Waals surface area contributed by atoms with Gasteiger partial charge in [0.2, 0.25) is 0 Å². The number of H-pyrrole nitrogens is 1. The van der Waals surface area contributed by atoms with E-state index in [0.29, 0.717) is 37.2 Å². The van der Waals surface area contributed by atoms with Gasteiger partial charge in [0.25, 0.3) is 11.5 Å². The molecule has 1 fully saturated rings. The number of hydrogen-bond donors (Lipinski definition) is 2. The van der Waals surface area contributed by atoms with E-state index in [1.54, 1.807) is 24.0 Å². The summed E-state index contributed by atoms with van der Waals surface area (Å²) in [7, 11) is 0. The largest absolute Gasteiger partial charge is 0.506 e. The van der Waals surface area contributed by atoms with E-state index in [-0.39, 0.29) is 50.3 Å². The predicted molar refractivity (Wildman–Crippen MR) is 168 cm³/mol. The van der Waals surface area contributed by atoms with Gasteiger partial charge in [0, 0.05) is 36.0 Å². The lowest BCUT2D eigenvalue weighted by molar-refractivity contribution is 0.0539. The maximum absolute atomic E-state index is 14.3. The van der Waals surface area contributed by atoms with Crippen LogP contribution in [-0.4, -0.2) is 51.5 Å². The quantitative estimate of drug-likeness (QED) is 0.251. The number of carbonyl (C=O) groups excluding carboxylic acids is 2. The van der Waals surface area contributed by atoms with Crippen molar-refractivity contribution in [2.75, 3.05) is 24.5 Å². The molecule has 0 saturated carbocycles. The molecule has 3 aromatic rings. The number of hydrogen-bond acceptors (Lipinski definition) is 6. The molecule has 1 aromatic heterocycles. The Kier molecular flexibility index (Phi) is 9.03. The van der Waals surface area contributed by atoms with Gasteiger partial charge in [0.15, 0.2) is 0 Å². The van der Waals surface area contributed by atoms with Gasteiger partial charge in [-0.15, -0.1) is 0 Å². The number of aromatic amines is 1. The van der Waals surface area contributed by atoms with Crippen LogP contribution in [0.5, 0.6) is 5.75 Å². The minimum absolute atomic E-state index is 0.108. The number of fused-ring (bicyclic) bond motifs is 1. The average molecular weight is 697 g/mol. The first-order valence-corrected chi connectivity index (χ1v) is 15.7. The van der Waals surface area contributed by atoms with Crippen molar-refractivity contribution in [2.24, 2.45) is 0 Å². The number of phenolic OH excluding ortho intramolecular Hbond substituents is 1. The Labute approximate surface area is 276 Å². The molecule has 1 saturated heterocycles. The van der Waals surface area contributed by atoms with Crippen LogP contribution in [0.1, 0.15) is 53.9 Å². The third-order valence-electron chi connectivity index (χ3n) is 8.00. The van der Waals surface area contributed by atoms with Crippen LogP contribution >= 0.6 is 46.6 Å². The van der Waals surface area contributed by atoms with Gasteiger partial charge in [-0.25, -0.2) is 4.79 Å². The number of alkyl halides is 3. The van der Waals surface area contributed by atoms with Crippen LogP contribution < -0.4 is 10.5 Å². The second-order valence-corrected chi connectivity index (χ2v) is 13.1. The monoisotopic (exact) mass is 695 g/mol. The van der Waals surface area contributed by atoms with Crippen molar-refractivity contribution < 1.29 is 23.5 Å². The number of benzene rings is 2. The smallest absolute Gasteiger partial charge is 0.362 e. The molecular weight excluding hydrogens is 671 g/mol. The summed E-state index contributed by atoms with van der Waals surface area (Å²) in [5, 5.41) is 17.2. The van der Waals surface area contributed by atoms with Crippen LogP contribution in [0, 0.1) is 11.3 Å². The lowest BCUT2D eigenvalue weighted by Crippen LogP contribution is -2.49. The molecule has 2 aliphatic heterocycles. The highest BCUT2D eigenvalue weighted by molar-refractivity contribution is 7.99. The van der Waals surface area contributed by atoms with Crippen LogP contribution in [-0.2, 0) is 17.5 Å². The van der Waals surface area contributed by atoms with Crippen molar-refractivity contribution in [3.05, 3.63) is 79.2 Å². The van der Waals surface area contributed by atoms with E-state index in [1.165, 1.54) is 28.0 Å². The third-order valence-corrected chi connectivity index (χ3v) is 10.2. The Morgan fingerprint density at radius 2 is 1.89 bits per heavy atom. The molecule has 3 heterocycles. The maximum atomic E-state index is 14.3. The summed E-state index contributed by atoms with van der Waals surface area (Å²) >= 11 is 18.6. The molecule has 2 aliphatic rings. The zero-order chi connectivity index (χ0) is 32.8. The van der Waals surface area contributed by atoms with E-state index in [2.05, 4.69) is 6.07 Å². The fraction of sp³-hybridized carbons (Fsp3) is 0.333. The molecule has 9 nitrogen and oxygen atoms in total. The number of rotatable bonds is 7. The number of carbonyl (C=O) groups is 2. The van der Waals surface area contributed by atoms with Gasteiger partial charge in [-0.2, -0.15) is 14.0 Å². The van der Waals surface area contributed by atoms with Crippen molar-refractivity contribution in [1.82, 2.24) is 14.8 Å². The summed E-state index contributed by atoms with van der Waals surface area (Å²) < 4.78 is 28.4. The molecule has 1 atom stereocenters. The Morgan fingerprint density at radius 3 is 2.51 bits per heavy atom. The SMILES string of the molecule is CCN1CCCN(c2cc3c(cc2O)C(C)(CC#N)N(C(=O)c2c(Sc4c(Cl)cccc4Cl)cc(C(F)(F)Cl)[nH]c2=O)C3)C1=O. The summed E-state index contributed by atoms with van der Waals surface area (Å²) in [6.45, 7) is 4.81. The normalized spacial score (nSPS) is 18.3. The van der Waals surface area contributed by atoms with Gasteiger partial charge in [-0.05, 0) is 73.3 Å². The van der Waals surface area contributed by atoms with E-state index in [9.17, 15) is 33.5 Å². The van der Waals surface area contributed by atoms with Crippen molar-refractivity contribution in [3.63, 3.8) is 0 Å². The van der Waals surface area contributed by atoms with Crippen LogP contribution in [0.25, 0.3) is 0 Å². The predicted octanol–water partition coefficient (Wildman–Crippen LogP) is 7.26. The number of aromatic hydroxyl groups is 1. The highest BCUT2D eigenvalue weighted by Gasteiger charge is 2.46. The first-order valence-electron chi connectivity index (χ1n) is 13.8. The molecule has 0 radical (unpaired) electrons. The van der Waals surface area contributed by atoms with Gasteiger partial charge >= 0.3 is 11.4 Å². The second kappa shape index (κ2) is 12.4. The molecule has 15 heteroatoms. The number of aromatic nitrogens is 1. The molecule has 0 bridgehead atoms. The first-order chi connectivity index (χ1) is 21.2. The molecule has 45 heavy (non-hydrogen) atoms. The summed E-state index contributed by atoms with van der Waals surface area (Å²) in [6.07, 6.45) is 0.453. The van der Waals surface area contributed by atoms with Gasteiger partial charge in [-0.3, -0.25) is 14.5 Å². The van der Waals surface area contributed by atoms with E-state index < -0.39 is 33.6 Å². The van der Waals surface area contributed by atoms with E-state index in [0.717, 1.165) is 17.8 Å². The number of phenols is 1. The van der Waals surface area contributed by atoms with Crippen molar-refractivity contribution in [1.29, 1.82) is 5.26 Å². The van der Waals surface area contributed by atoms with E-state index in [1.807, 2.05) is 11.9 Å². The number of amides is 3. The lowest BCUT2D eigenvalue weighted by Gasteiger charge is -2.36. The van der Waals surface area contributed by atoms with Crippen molar-refractivity contribution >= 4 is 64.2 Å². The minimum atomic E-state index is -3.97.